The Balaban J connectivity index is 1.40. The summed E-state index contributed by atoms with van der Waals surface area (Å²) in [7, 11) is 0. The van der Waals surface area contributed by atoms with Crippen molar-refractivity contribution in [3.05, 3.63) is 12.7 Å². The average Bonchev–Trinajstić information content (AvgIpc) is 2.62. The Hall–Kier alpha value is -0.410. The molecule has 0 N–H and O–H groups in total. The Kier molecular flexibility index (Phi) is 5.92. The van der Waals surface area contributed by atoms with E-state index in [1.54, 1.807) is 0 Å². The van der Waals surface area contributed by atoms with E-state index in [0.29, 0.717) is 17.8 Å². The van der Waals surface area contributed by atoms with Gasteiger partial charge in [-0.05, 0) is 69.1 Å². The smallest absolute Gasteiger partial charge is 0.160 e. The number of hydrogen-bond donors (Lipinski definition) is 0. The highest BCUT2D eigenvalue weighted by Gasteiger charge is 2.35. The first-order valence-electron chi connectivity index (χ1n) is 9.21. The van der Waals surface area contributed by atoms with Gasteiger partial charge in [0.25, 0.3) is 0 Å². The Morgan fingerprint density at radius 3 is 1.82 bits per heavy atom. The highest BCUT2D eigenvalue weighted by molar-refractivity contribution is 4.85. The largest absolute Gasteiger partial charge is 0.352 e. The van der Waals surface area contributed by atoms with E-state index in [9.17, 15) is 4.39 Å². The van der Waals surface area contributed by atoms with Crippen LogP contribution in [-0.2, 0) is 9.47 Å². The molecule has 2 aliphatic carbocycles. The highest BCUT2D eigenvalue weighted by Crippen LogP contribution is 2.42. The Labute approximate surface area is 134 Å². The summed E-state index contributed by atoms with van der Waals surface area (Å²) < 4.78 is 24.5. The molecule has 0 spiro atoms. The van der Waals surface area contributed by atoms with E-state index in [1.165, 1.54) is 38.5 Å². The monoisotopic (exact) mass is 310 g/mol. The normalized spacial score (nSPS) is 43.7. The molecule has 3 aliphatic rings. The lowest BCUT2D eigenvalue weighted by Gasteiger charge is -2.40. The number of rotatable bonds is 4. The fraction of sp³-hybridized carbons (Fsp3) is 0.895. The highest BCUT2D eigenvalue weighted by atomic mass is 19.1. The first-order chi connectivity index (χ1) is 10.8. The van der Waals surface area contributed by atoms with Crippen molar-refractivity contribution in [2.75, 3.05) is 19.9 Å². The molecule has 0 aromatic carbocycles. The van der Waals surface area contributed by atoms with E-state index in [4.69, 9.17) is 9.47 Å². The van der Waals surface area contributed by atoms with Crippen LogP contribution in [-0.4, -0.2) is 26.2 Å². The van der Waals surface area contributed by atoms with Crippen molar-refractivity contribution in [3.63, 3.8) is 0 Å². The average molecular weight is 310 g/mol. The third kappa shape index (κ3) is 3.91. The molecule has 2 nitrogen and oxygen atoms in total. The molecule has 1 saturated heterocycles. The van der Waals surface area contributed by atoms with E-state index < -0.39 is 0 Å². The summed E-state index contributed by atoms with van der Waals surface area (Å²) in [6.07, 6.45) is 11.8. The molecule has 22 heavy (non-hydrogen) atoms. The van der Waals surface area contributed by atoms with E-state index >= 15 is 0 Å². The van der Waals surface area contributed by atoms with Crippen LogP contribution >= 0.6 is 0 Å². The first kappa shape index (κ1) is 16.4. The van der Waals surface area contributed by atoms with Crippen molar-refractivity contribution >= 4 is 0 Å². The van der Waals surface area contributed by atoms with Crippen LogP contribution in [0.15, 0.2) is 12.7 Å². The summed E-state index contributed by atoms with van der Waals surface area (Å²) in [6, 6.07) is 0. The zero-order valence-corrected chi connectivity index (χ0v) is 13.7. The molecule has 126 valence electrons. The quantitative estimate of drug-likeness (QED) is 0.698. The van der Waals surface area contributed by atoms with E-state index in [-0.39, 0.29) is 13.0 Å². The van der Waals surface area contributed by atoms with E-state index in [2.05, 4.69) is 6.58 Å². The van der Waals surface area contributed by atoms with Gasteiger partial charge >= 0.3 is 0 Å². The summed E-state index contributed by atoms with van der Waals surface area (Å²) in [5.41, 5.74) is 0. The molecule has 0 unspecified atom stereocenters. The summed E-state index contributed by atoms with van der Waals surface area (Å²) >= 11 is 0. The summed E-state index contributed by atoms with van der Waals surface area (Å²) in [4.78, 5) is 0. The van der Waals surface area contributed by atoms with Gasteiger partial charge in [0.05, 0.1) is 19.9 Å². The van der Waals surface area contributed by atoms with Crippen LogP contribution < -0.4 is 0 Å². The van der Waals surface area contributed by atoms with Crippen molar-refractivity contribution < 1.29 is 13.9 Å². The maximum atomic E-state index is 12.7. The predicted molar refractivity (Wildman–Crippen MR) is 86.3 cm³/mol. The lowest BCUT2D eigenvalue weighted by molar-refractivity contribution is -0.223. The van der Waals surface area contributed by atoms with E-state index in [1.807, 2.05) is 6.08 Å². The van der Waals surface area contributed by atoms with Gasteiger partial charge in [-0.2, -0.15) is 0 Å². The van der Waals surface area contributed by atoms with Gasteiger partial charge in [0.2, 0.25) is 0 Å². The zero-order chi connectivity index (χ0) is 15.4. The third-order valence-electron chi connectivity index (χ3n) is 6.26. The molecule has 0 aromatic rings. The van der Waals surface area contributed by atoms with Crippen LogP contribution in [0.2, 0.25) is 0 Å². The second-order valence-electron chi connectivity index (χ2n) is 7.64. The molecule has 2 saturated carbocycles. The van der Waals surface area contributed by atoms with Gasteiger partial charge in [-0.3, -0.25) is 4.39 Å². The number of alkyl halides is 1. The van der Waals surface area contributed by atoms with E-state index in [0.717, 1.165) is 37.9 Å². The molecular formula is C19H31FO2. The van der Waals surface area contributed by atoms with Crippen LogP contribution in [0, 0.1) is 29.6 Å². The van der Waals surface area contributed by atoms with Crippen LogP contribution in [0.5, 0.6) is 0 Å². The van der Waals surface area contributed by atoms with Gasteiger partial charge < -0.3 is 9.47 Å². The van der Waals surface area contributed by atoms with Gasteiger partial charge in [0.1, 0.15) is 0 Å². The molecule has 0 atom stereocenters. The van der Waals surface area contributed by atoms with Gasteiger partial charge in [-0.25, -0.2) is 0 Å². The van der Waals surface area contributed by atoms with Crippen LogP contribution in [0.1, 0.15) is 51.4 Å². The maximum absolute atomic E-state index is 12.7. The standard InChI is InChI=1S/C19H31FO2/c1-2-14-12-21-19(22-13-14)18-9-7-17(8-10-18)16-5-3-15(11-20)4-6-16/h2,14-19H,1,3-13H2. The molecule has 3 rings (SSSR count). The summed E-state index contributed by atoms with van der Waals surface area (Å²) in [5, 5.41) is 0. The lowest BCUT2D eigenvalue weighted by atomic mass is 9.69. The fourth-order valence-corrected chi connectivity index (χ4v) is 4.64. The minimum Gasteiger partial charge on any atom is -0.352 e. The van der Waals surface area contributed by atoms with Crippen LogP contribution in [0.4, 0.5) is 4.39 Å². The molecule has 0 aromatic heterocycles. The summed E-state index contributed by atoms with van der Waals surface area (Å²) in [5.74, 6) is 3.00. The number of hydrogen-bond acceptors (Lipinski definition) is 2. The van der Waals surface area contributed by atoms with Crippen molar-refractivity contribution in [2.45, 2.75) is 57.7 Å². The van der Waals surface area contributed by atoms with Gasteiger partial charge in [0, 0.05) is 11.8 Å². The van der Waals surface area contributed by atoms with Crippen LogP contribution in [0.3, 0.4) is 0 Å². The van der Waals surface area contributed by atoms with Gasteiger partial charge in [-0.1, -0.05) is 6.08 Å². The summed E-state index contributed by atoms with van der Waals surface area (Å²) in [6.45, 7) is 5.23. The minimum absolute atomic E-state index is 0.0134. The van der Waals surface area contributed by atoms with Gasteiger partial charge in [0.15, 0.2) is 6.29 Å². The fourth-order valence-electron chi connectivity index (χ4n) is 4.64. The molecule has 0 bridgehead atoms. The topological polar surface area (TPSA) is 18.5 Å². The molecule has 0 radical (unpaired) electrons. The van der Waals surface area contributed by atoms with Crippen molar-refractivity contribution in [1.82, 2.24) is 0 Å². The van der Waals surface area contributed by atoms with Crippen molar-refractivity contribution in [2.24, 2.45) is 29.6 Å². The van der Waals surface area contributed by atoms with Crippen molar-refractivity contribution in [1.29, 1.82) is 0 Å². The maximum Gasteiger partial charge on any atom is 0.160 e. The predicted octanol–water partition coefficient (Wildman–Crippen LogP) is 4.74. The third-order valence-corrected chi connectivity index (χ3v) is 6.26. The Morgan fingerprint density at radius 2 is 1.32 bits per heavy atom. The molecule has 0 amide bonds. The second kappa shape index (κ2) is 7.92. The lowest BCUT2D eigenvalue weighted by Crippen LogP contribution is -2.38. The van der Waals surface area contributed by atoms with Crippen molar-refractivity contribution in [3.8, 4) is 0 Å². The molecular weight excluding hydrogens is 279 g/mol. The Morgan fingerprint density at radius 1 is 0.818 bits per heavy atom. The number of halogens is 1. The van der Waals surface area contributed by atoms with Crippen LogP contribution in [0.25, 0.3) is 0 Å². The zero-order valence-electron chi connectivity index (χ0n) is 13.7. The second-order valence-corrected chi connectivity index (χ2v) is 7.64. The molecule has 3 fully saturated rings. The SMILES string of the molecule is C=CC1COC(C2CCC(C3CCC(CF)CC3)CC2)OC1. The molecule has 3 heteroatoms. The minimum atomic E-state index is -0.110. The molecule has 1 aliphatic heterocycles. The molecule has 1 heterocycles. The van der Waals surface area contributed by atoms with Gasteiger partial charge in [-0.15, -0.1) is 6.58 Å². The number of ether oxygens (including phenoxy) is 2. The first-order valence-corrected chi connectivity index (χ1v) is 9.21. The Bertz CT molecular complexity index is 335.